The molecular formula is C14H25N3O. The highest BCUT2D eigenvalue weighted by atomic mass is 16.5. The van der Waals surface area contributed by atoms with Gasteiger partial charge in [0.05, 0.1) is 18.4 Å². The molecule has 102 valence electrons. The first-order valence-electron chi connectivity index (χ1n) is 6.62. The van der Waals surface area contributed by atoms with Crippen LogP contribution in [-0.2, 0) is 11.3 Å². The van der Waals surface area contributed by atoms with Gasteiger partial charge in [-0.2, -0.15) is 0 Å². The van der Waals surface area contributed by atoms with E-state index in [1.807, 2.05) is 12.3 Å². The minimum absolute atomic E-state index is 0.292. The molecule has 1 aromatic heterocycles. The lowest BCUT2D eigenvalue weighted by atomic mass is 10.3. The largest absolute Gasteiger partial charge is 0.377 e. The average molecular weight is 251 g/mol. The van der Waals surface area contributed by atoms with E-state index in [-0.39, 0.29) is 0 Å². The van der Waals surface area contributed by atoms with Crippen molar-refractivity contribution in [3.8, 4) is 0 Å². The second-order valence-electron chi connectivity index (χ2n) is 4.63. The van der Waals surface area contributed by atoms with Crippen LogP contribution in [0, 0.1) is 0 Å². The molecule has 0 amide bonds. The van der Waals surface area contributed by atoms with Gasteiger partial charge < -0.3 is 15.0 Å². The summed E-state index contributed by atoms with van der Waals surface area (Å²) in [5, 5.41) is 3.28. The van der Waals surface area contributed by atoms with Crippen molar-refractivity contribution in [3.63, 3.8) is 0 Å². The van der Waals surface area contributed by atoms with Crippen LogP contribution in [0.15, 0.2) is 18.3 Å². The fourth-order valence-corrected chi connectivity index (χ4v) is 1.61. The molecule has 0 saturated heterocycles. The smallest absolute Gasteiger partial charge is 0.0644 e. The number of nitrogens with zero attached hydrogens (tertiary/aromatic N) is 2. The average Bonchev–Trinajstić information content (AvgIpc) is 2.36. The maximum absolute atomic E-state index is 5.56. The van der Waals surface area contributed by atoms with Crippen LogP contribution in [0.3, 0.4) is 0 Å². The Kier molecular flexibility index (Phi) is 6.68. The van der Waals surface area contributed by atoms with Crippen molar-refractivity contribution in [1.29, 1.82) is 0 Å². The molecule has 1 N–H and O–H groups in total. The highest BCUT2D eigenvalue weighted by Crippen LogP contribution is 2.12. The number of pyridine rings is 1. The Labute approximate surface area is 110 Å². The molecule has 0 saturated carbocycles. The zero-order valence-electron chi connectivity index (χ0n) is 11.9. The number of likely N-dealkylation sites (N-methyl/N-ethyl adjacent to an activating group) is 1. The summed E-state index contributed by atoms with van der Waals surface area (Å²) in [6.07, 6.45) is 2.15. The molecule has 0 aliphatic carbocycles. The fourth-order valence-electron chi connectivity index (χ4n) is 1.61. The summed E-state index contributed by atoms with van der Waals surface area (Å²) in [6.45, 7) is 9.63. The molecule has 0 unspecified atom stereocenters. The molecule has 0 aliphatic rings. The topological polar surface area (TPSA) is 37.4 Å². The number of ether oxygens (including phenoxy) is 1. The second kappa shape index (κ2) is 8.06. The molecule has 18 heavy (non-hydrogen) atoms. The Balaban J connectivity index is 2.48. The molecule has 1 aromatic rings. The molecule has 0 bridgehead atoms. The zero-order valence-corrected chi connectivity index (χ0v) is 11.9. The summed E-state index contributed by atoms with van der Waals surface area (Å²) in [5.41, 5.74) is 2.26. The summed E-state index contributed by atoms with van der Waals surface area (Å²) in [6, 6.07) is 4.16. The second-order valence-corrected chi connectivity index (χ2v) is 4.63. The van der Waals surface area contributed by atoms with Crippen LogP contribution in [-0.4, -0.2) is 37.8 Å². The number of anilines is 1. The van der Waals surface area contributed by atoms with Crippen LogP contribution in [0.4, 0.5) is 5.69 Å². The van der Waals surface area contributed by atoms with Gasteiger partial charge in [0.1, 0.15) is 0 Å². The maximum atomic E-state index is 5.56. The minimum Gasteiger partial charge on any atom is -0.377 e. The Bertz CT molecular complexity index is 342. The van der Waals surface area contributed by atoms with Crippen LogP contribution < -0.4 is 10.2 Å². The van der Waals surface area contributed by atoms with Gasteiger partial charge in [-0.1, -0.05) is 6.92 Å². The van der Waals surface area contributed by atoms with Gasteiger partial charge in [0.25, 0.3) is 0 Å². The lowest BCUT2D eigenvalue weighted by molar-refractivity contribution is 0.0846. The van der Waals surface area contributed by atoms with Crippen molar-refractivity contribution in [2.75, 3.05) is 31.6 Å². The van der Waals surface area contributed by atoms with Crippen molar-refractivity contribution in [1.82, 2.24) is 10.3 Å². The summed E-state index contributed by atoms with van der Waals surface area (Å²) in [7, 11) is 2.08. The summed E-state index contributed by atoms with van der Waals surface area (Å²) < 4.78 is 5.56. The van der Waals surface area contributed by atoms with Gasteiger partial charge >= 0.3 is 0 Å². The van der Waals surface area contributed by atoms with E-state index in [1.54, 1.807) is 0 Å². The molecule has 0 fully saturated rings. The first kappa shape index (κ1) is 14.9. The lowest BCUT2D eigenvalue weighted by Crippen LogP contribution is -2.24. The minimum atomic E-state index is 0.292. The third-order valence-corrected chi connectivity index (χ3v) is 2.67. The molecular weight excluding hydrogens is 226 g/mol. The Morgan fingerprint density at radius 3 is 2.89 bits per heavy atom. The Morgan fingerprint density at radius 1 is 1.44 bits per heavy atom. The predicted octanol–water partition coefficient (Wildman–Crippen LogP) is 2.05. The molecule has 0 aromatic carbocycles. The van der Waals surface area contributed by atoms with Gasteiger partial charge in [0.2, 0.25) is 0 Å². The van der Waals surface area contributed by atoms with Crippen molar-refractivity contribution in [2.24, 2.45) is 0 Å². The fraction of sp³-hybridized carbons (Fsp3) is 0.643. The quantitative estimate of drug-likeness (QED) is 0.767. The molecule has 1 heterocycles. The highest BCUT2D eigenvalue weighted by molar-refractivity contribution is 5.45. The Morgan fingerprint density at radius 2 is 2.22 bits per heavy atom. The van der Waals surface area contributed by atoms with Gasteiger partial charge in [-0.15, -0.1) is 0 Å². The van der Waals surface area contributed by atoms with Crippen LogP contribution in [0.25, 0.3) is 0 Å². The predicted molar refractivity (Wildman–Crippen MR) is 76.0 cm³/mol. The number of hydrogen-bond donors (Lipinski definition) is 1. The third-order valence-electron chi connectivity index (χ3n) is 2.67. The van der Waals surface area contributed by atoms with Crippen molar-refractivity contribution < 1.29 is 4.74 Å². The first-order valence-corrected chi connectivity index (χ1v) is 6.62. The van der Waals surface area contributed by atoms with Crippen LogP contribution in [0.1, 0.15) is 26.5 Å². The summed E-state index contributed by atoms with van der Waals surface area (Å²) in [4.78, 5) is 6.54. The molecule has 4 nitrogen and oxygen atoms in total. The van der Waals surface area contributed by atoms with E-state index in [4.69, 9.17) is 4.74 Å². The van der Waals surface area contributed by atoms with Crippen LogP contribution >= 0.6 is 0 Å². The van der Waals surface area contributed by atoms with E-state index >= 15 is 0 Å². The van der Waals surface area contributed by atoms with Gasteiger partial charge in [0, 0.05) is 32.0 Å². The number of rotatable bonds is 8. The van der Waals surface area contributed by atoms with E-state index in [1.165, 1.54) is 5.69 Å². The summed E-state index contributed by atoms with van der Waals surface area (Å²) >= 11 is 0. The van der Waals surface area contributed by atoms with Crippen molar-refractivity contribution in [3.05, 3.63) is 24.0 Å². The van der Waals surface area contributed by atoms with E-state index in [0.717, 1.165) is 31.9 Å². The molecule has 0 spiro atoms. The summed E-state index contributed by atoms with van der Waals surface area (Å²) in [5.74, 6) is 0. The van der Waals surface area contributed by atoms with Crippen molar-refractivity contribution >= 4 is 5.69 Å². The van der Waals surface area contributed by atoms with Gasteiger partial charge in [-0.25, -0.2) is 0 Å². The maximum Gasteiger partial charge on any atom is 0.0644 e. The first-order chi connectivity index (χ1) is 8.63. The van der Waals surface area contributed by atoms with E-state index < -0.39 is 0 Å². The number of aromatic nitrogens is 1. The molecule has 0 radical (unpaired) electrons. The van der Waals surface area contributed by atoms with Crippen LogP contribution in [0.5, 0.6) is 0 Å². The van der Waals surface area contributed by atoms with E-state index in [0.29, 0.717) is 6.10 Å². The number of nitrogens with one attached hydrogen (secondary N) is 1. The van der Waals surface area contributed by atoms with Gasteiger partial charge in [0.15, 0.2) is 0 Å². The normalized spacial score (nSPS) is 10.9. The molecule has 4 heteroatoms. The van der Waals surface area contributed by atoms with E-state index in [2.05, 4.69) is 49.1 Å². The Hall–Kier alpha value is -1.13. The molecule has 0 atom stereocenters. The lowest BCUT2D eigenvalue weighted by Gasteiger charge is -2.20. The third kappa shape index (κ3) is 5.47. The monoisotopic (exact) mass is 251 g/mol. The van der Waals surface area contributed by atoms with Gasteiger partial charge in [-0.3, -0.25) is 4.98 Å². The SMILES string of the molecule is CCNCc1cc(N(C)CCOC(C)C)ccn1. The zero-order chi connectivity index (χ0) is 13.4. The number of hydrogen-bond acceptors (Lipinski definition) is 4. The van der Waals surface area contributed by atoms with E-state index in [9.17, 15) is 0 Å². The molecule has 0 aliphatic heterocycles. The highest BCUT2D eigenvalue weighted by Gasteiger charge is 2.03. The van der Waals surface area contributed by atoms with Crippen LogP contribution in [0.2, 0.25) is 0 Å². The van der Waals surface area contributed by atoms with Gasteiger partial charge in [-0.05, 0) is 32.5 Å². The molecule has 1 rings (SSSR count). The standard InChI is InChI=1S/C14H25N3O/c1-5-15-11-13-10-14(6-7-16-13)17(4)8-9-18-12(2)3/h6-7,10,12,15H,5,8-9,11H2,1-4H3. The van der Waals surface area contributed by atoms with Crippen molar-refractivity contribution in [2.45, 2.75) is 33.4 Å².